The number of aromatic nitrogens is 3. The van der Waals surface area contributed by atoms with Crippen LogP contribution in [0.15, 0.2) is 66.0 Å². The van der Waals surface area contributed by atoms with Crippen molar-refractivity contribution in [1.82, 2.24) is 24.2 Å². The summed E-state index contributed by atoms with van der Waals surface area (Å²) in [5.41, 5.74) is 4.66. The zero-order chi connectivity index (χ0) is 23.9. The lowest BCUT2D eigenvalue weighted by Crippen LogP contribution is -2.36. The van der Waals surface area contributed by atoms with Gasteiger partial charge in [-0.3, -0.25) is 14.8 Å². The highest BCUT2D eigenvalue weighted by Crippen LogP contribution is 2.28. The molecule has 3 aromatic heterocycles. The van der Waals surface area contributed by atoms with Gasteiger partial charge in [0.2, 0.25) is 10.0 Å². The van der Waals surface area contributed by atoms with Gasteiger partial charge in [-0.05, 0) is 54.3 Å². The first-order valence-electron chi connectivity index (χ1n) is 11.1. The molecule has 1 aliphatic heterocycles. The van der Waals surface area contributed by atoms with Crippen molar-refractivity contribution in [1.29, 1.82) is 0 Å². The Morgan fingerprint density at radius 3 is 2.82 bits per heavy atom. The predicted molar refractivity (Wildman–Crippen MR) is 129 cm³/mol. The Hall–Kier alpha value is -3.56. The molecule has 8 nitrogen and oxygen atoms in total. The number of nitrogens with one attached hydrogen (secondary N) is 1. The van der Waals surface area contributed by atoms with Gasteiger partial charge >= 0.3 is 0 Å². The molecule has 9 heteroatoms. The minimum absolute atomic E-state index is 0.159. The second-order valence-electron chi connectivity index (χ2n) is 8.44. The molecular weight excluding hydrogens is 450 g/mol. The molecule has 0 fully saturated rings. The van der Waals surface area contributed by atoms with Crippen LogP contribution in [0.25, 0.3) is 10.9 Å². The number of hydrogen-bond donors (Lipinski definition) is 1. The maximum Gasteiger partial charge on any atom is 0.268 e. The van der Waals surface area contributed by atoms with E-state index in [-0.39, 0.29) is 10.8 Å². The third-order valence-corrected chi connectivity index (χ3v) is 8.46. The van der Waals surface area contributed by atoms with Crippen LogP contribution in [0.2, 0.25) is 0 Å². The minimum Gasteiger partial charge on any atom is -0.347 e. The molecule has 0 radical (unpaired) electrons. The lowest BCUT2D eigenvalue weighted by atomic mass is 10.0. The summed E-state index contributed by atoms with van der Waals surface area (Å²) in [7, 11) is -2.05. The summed E-state index contributed by atoms with van der Waals surface area (Å²) in [5, 5.41) is 3.90. The highest BCUT2D eigenvalue weighted by molar-refractivity contribution is 7.89. The van der Waals surface area contributed by atoms with Gasteiger partial charge in [-0.25, -0.2) is 8.42 Å². The van der Waals surface area contributed by atoms with E-state index < -0.39 is 10.0 Å². The van der Waals surface area contributed by atoms with E-state index in [2.05, 4.69) is 15.3 Å². The normalized spacial score (nSPS) is 14.2. The molecule has 0 bridgehead atoms. The Labute approximate surface area is 198 Å². The van der Waals surface area contributed by atoms with Crippen LogP contribution in [-0.2, 0) is 36.6 Å². The smallest absolute Gasteiger partial charge is 0.268 e. The zero-order valence-corrected chi connectivity index (χ0v) is 19.8. The first-order valence-corrected chi connectivity index (χ1v) is 12.5. The molecule has 4 aromatic rings. The van der Waals surface area contributed by atoms with Crippen LogP contribution in [0.3, 0.4) is 0 Å². The highest BCUT2D eigenvalue weighted by Gasteiger charge is 2.32. The van der Waals surface area contributed by atoms with Crippen molar-refractivity contribution in [3.8, 4) is 0 Å². The van der Waals surface area contributed by atoms with E-state index in [0.717, 1.165) is 27.6 Å². The predicted octanol–water partition coefficient (Wildman–Crippen LogP) is 2.95. The largest absolute Gasteiger partial charge is 0.347 e. The molecule has 1 amide bonds. The van der Waals surface area contributed by atoms with Gasteiger partial charge in [0.05, 0.1) is 5.52 Å². The van der Waals surface area contributed by atoms with E-state index in [1.54, 1.807) is 37.1 Å². The zero-order valence-electron chi connectivity index (χ0n) is 19.0. The van der Waals surface area contributed by atoms with E-state index >= 15 is 0 Å². The maximum absolute atomic E-state index is 13.5. The summed E-state index contributed by atoms with van der Waals surface area (Å²) < 4.78 is 30.1. The van der Waals surface area contributed by atoms with E-state index in [1.165, 1.54) is 10.4 Å². The second kappa shape index (κ2) is 8.66. The Balaban J connectivity index is 1.38. The van der Waals surface area contributed by atoms with Crippen LogP contribution in [-0.4, -0.2) is 39.7 Å². The molecule has 0 spiro atoms. The first kappa shape index (κ1) is 22.2. The summed E-state index contributed by atoms with van der Waals surface area (Å²) >= 11 is 0. The number of rotatable bonds is 5. The molecule has 4 heterocycles. The van der Waals surface area contributed by atoms with Crippen molar-refractivity contribution in [2.75, 3.05) is 6.54 Å². The third-order valence-electron chi connectivity index (χ3n) is 6.50. The lowest BCUT2D eigenvalue weighted by molar-refractivity contribution is 0.0942. The quantitative estimate of drug-likeness (QED) is 0.479. The lowest BCUT2D eigenvalue weighted by Gasteiger charge is -2.27. The topological polar surface area (TPSA) is 97.2 Å². The molecule has 5 rings (SSSR count). The van der Waals surface area contributed by atoms with Gasteiger partial charge in [-0.15, -0.1) is 0 Å². The molecule has 34 heavy (non-hydrogen) atoms. The van der Waals surface area contributed by atoms with Gasteiger partial charge in [0.15, 0.2) is 0 Å². The van der Waals surface area contributed by atoms with Gasteiger partial charge in [0.25, 0.3) is 5.91 Å². The molecule has 1 aromatic carbocycles. The summed E-state index contributed by atoms with van der Waals surface area (Å²) in [6.07, 6.45) is 5.82. The fourth-order valence-electron chi connectivity index (χ4n) is 4.43. The summed E-state index contributed by atoms with van der Waals surface area (Å²) in [5.74, 6) is -0.331. The van der Waals surface area contributed by atoms with Crippen LogP contribution < -0.4 is 5.32 Å². The molecule has 0 aliphatic carbocycles. The number of benzene rings is 1. The van der Waals surface area contributed by atoms with Crippen molar-refractivity contribution in [2.45, 2.75) is 31.3 Å². The van der Waals surface area contributed by atoms with Gasteiger partial charge in [0, 0.05) is 56.4 Å². The fraction of sp³-hybridized carbons (Fsp3) is 0.240. The highest BCUT2D eigenvalue weighted by atomic mass is 32.2. The summed E-state index contributed by atoms with van der Waals surface area (Å²) in [6.45, 7) is 2.71. The van der Waals surface area contributed by atoms with Crippen LogP contribution in [0, 0.1) is 6.92 Å². The number of carbonyl (C=O) groups is 1. The van der Waals surface area contributed by atoms with Crippen molar-refractivity contribution in [3.05, 3.63) is 89.1 Å². The average molecular weight is 476 g/mol. The van der Waals surface area contributed by atoms with Crippen molar-refractivity contribution in [2.24, 2.45) is 7.05 Å². The van der Waals surface area contributed by atoms with E-state index in [1.807, 2.05) is 36.4 Å². The molecule has 1 N–H and O–H groups in total. The number of amides is 1. The van der Waals surface area contributed by atoms with Gasteiger partial charge in [-0.2, -0.15) is 4.31 Å². The Morgan fingerprint density at radius 1 is 1.12 bits per heavy atom. The monoisotopic (exact) mass is 475 g/mol. The minimum atomic E-state index is -3.76. The van der Waals surface area contributed by atoms with Crippen LogP contribution in [0.5, 0.6) is 0 Å². The standard InChI is InChI=1S/C25H25N5O3S/c1-17-24(34(32,33)30-12-9-18-14-26-11-8-20(18)16-30)13-23(29(17)2)25(31)28-15-19-5-3-7-22-21(19)6-4-10-27-22/h3-8,10-11,13-14H,9,12,15-16H2,1-2H3,(H,28,31). The summed E-state index contributed by atoms with van der Waals surface area (Å²) in [4.78, 5) is 21.7. The molecule has 174 valence electrons. The molecule has 0 saturated heterocycles. The number of carbonyl (C=O) groups excluding carboxylic acids is 1. The first-order chi connectivity index (χ1) is 16.4. The Kier molecular flexibility index (Phi) is 5.66. The number of nitrogens with zero attached hydrogens (tertiary/aromatic N) is 4. The van der Waals surface area contributed by atoms with Crippen LogP contribution in [0.1, 0.15) is 32.9 Å². The average Bonchev–Trinajstić information content (AvgIpc) is 3.17. The Morgan fingerprint density at radius 2 is 1.97 bits per heavy atom. The van der Waals surface area contributed by atoms with E-state index in [4.69, 9.17) is 0 Å². The number of hydrogen-bond acceptors (Lipinski definition) is 5. The molecule has 0 saturated carbocycles. The van der Waals surface area contributed by atoms with E-state index in [0.29, 0.717) is 37.4 Å². The second-order valence-corrected chi connectivity index (χ2v) is 10.3. The van der Waals surface area contributed by atoms with Gasteiger partial charge in [-0.1, -0.05) is 18.2 Å². The van der Waals surface area contributed by atoms with Crippen molar-refractivity contribution in [3.63, 3.8) is 0 Å². The fourth-order valence-corrected chi connectivity index (χ4v) is 6.12. The molecular formula is C25H25N5O3S. The van der Waals surface area contributed by atoms with Gasteiger partial charge < -0.3 is 9.88 Å². The molecule has 0 atom stereocenters. The maximum atomic E-state index is 13.5. The number of fused-ring (bicyclic) bond motifs is 2. The number of sulfonamides is 1. The van der Waals surface area contributed by atoms with Gasteiger partial charge in [0.1, 0.15) is 10.6 Å². The Bertz CT molecular complexity index is 1510. The SMILES string of the molecule is Cc1c(S(=O)(=O)N2CCc3cnccc3C2)cc(C(=O)NCc2cccc3ncccc23)n1C. The van der Waals surface area contributed by atoms with Crippen molar-refractivity contribution < 1.29 is 13.2 Å². The number of pyridine rings is 2. The van der Waals surface area contributed by atoms with Crippen molar-refractivity contribution >= 4 is 26.8 Å². The summed E-state index contributed by atoms with van der Waals surface area (Å²) in [6, 6.07) is 12.9. The third kappa shape index (κ3) is 3.86. The molecule has 0 unspecified atom stereocenters. The van der Waals surface area contributed by atoms with E-state index in [9.17, 15) is 13.2 Å². The molecule has 1 aliphatic rings. The van der Waals surface area contributed by atoms with Crippen LogP contribution >= 0.6 is 0 Å². The van der Waals surface area contributed by atoms with Crippen LogP contribution in [0.4, 0.5) is 0 Å².